The van der Waals surface area contributed by atoms with Crippen LogP contribution in [0.3, 0.4) is 0 Å². The summed E-state index contributed by atoms with van der Waals surface area (Å²) < 4.78 is 1.10. The van der Waals surface area contributed by atoms with Gasteiger partial charge in [0, 0.05) is 28.3 Å². The van der Waals surface area contributed by atoms with Crippen LogP contribution in [-0.2, 0) is 16.3 Å². The van der Waals surface area contributed by atoms with E-state index in [-0.39, 0.29) is 5.91 Å². The molecule has 3 nitrogen and oxygen atoms in total. The summed E-state index contributed by atoms with van der Waals surface area (Å²) in [6.45, 7) is 1.49. The lowest BCUT2D eigenvalue weighted by molar-refractivity contribution is -0.114. The van der Waals surface area contributed by atoms with Gasteiger partial charge in [0.15, 0.2) is 5.13 Å². The molecule has 0 bridgehead atoms. The van der Waals surface area contributed by atoms with Crippen LogP contribution in [0.2, 0.25) is 0 Å². The van der Waals surface area contributed by atoms with Gasteiger partial charge in [-0.1, -0.05) is 28.1 Å². The molecule has 0 atom stereocenters. The van der Waals surface area contributed by atoms with E-state index in [1.807, 2.05) is 29.3 Å². The van der Waals surface area contributed by atoms with Crippen molar-refractivity contribution in [2.45, 2.75) is 18.4 Å². The summed E-state index contributed by atoms with van der Waals surface area (Å²) in [6.07, 6.45) is 0. The van der Waals surface area contributed by atoms with Crippen LogP contribution in [-0.4, -0.2) is 10.9 Å². The van der Waals surface area contributed by atoms with Crippen molar-refractivity contribution >= 4 is 50.1 Å². The molecule has 0 spiro atoms. The average Bonchev–Trinajstić information content (AvgIpc) is 2.76. The van der Waals surface area contributed by atoms with Crippen molar-refractivity contribution in [3.8, 4) is 0 Å². The molecule has 1 aromatic heterocycles. The Morgan fingerprint density at radius 1 is 1.47 bits per heavy atom. The molecule has 1 heterocycles. The molecule has 0 aliphatic carbocycles. The van der Waals surface area contributed by atoms with E-state index < -0.39 is 0 Å². The minimum atomic E-state index is -0.0808. The summed E-state index contributed by atoms with van der Waals surface area (Å²) in [7, 11) is 0. The minimum Gasteiger partial charge on any atom is -0.302 e. The Hall–Kier alpha value is -0.850. The summed E-state index contributed by atoms with van der Waals surface area (Å²) in [5.41, 5.74) is 2.30. The monoisotopic (exact) mass is 356 g/mol. The number of thiazole rings is 1. The van der Waals surface area contributed by atoms with Crippen LogP contribution in [0.25, 0.3) is 0 Å². The van der Waals surface area contributed by atoms with Crippen molar-refractivity contribution in [3.05, 3.63) is 45.4 Å². The van der Waals surface area contributed by atoms with Gasteiger partial charge in [0.2, 0.25) is 5.91 Å². The predicted molar refractivity (Wildman–Crippen MR) is 85.6 cm³/mol. The Bertz CT molecular complexity index is 571. The topological polar surface area (TPSA) is 42.0 Å². The smallest absolute Gasteiger partial charge is 0.223 e. The fourth-order valence-corrected chi connectivity index (χ4v) is 3.66. The van der Waals surface area contributed by atoms with Gasteiger partial charge in [0.1, 0.15) is 0 Å². The number of nitrogens with one attached hydrogen (secondary N) is 1. The number of benzene rings is 1. The van der Waals surface area contributed by atoms with Gasteiger partial charge in [-0.25, -0.2) is 4.98 Å². The number of nitrogens with zero attached hydrogens (tertiary/aromatic N) is 1. The zero-order chi connectivity index (χ0) is 13.7. The highest BCUT2D eigenvalue weighted by Gasteiger charge is 2.03. The van der Waals surface area contributed by atoms with Crippen molar-refractivity contribution in [2.24, 2.45) is 0 Å². The maximum Gasteiger partial charge on any atom is 0.223 e. The van der Waals surface area contributed by atoms with E-state index in [0.717, 1.165) is 21.7 Å². The summed E-state index contributed by atoms with van der Waals surface area (Å²) in [5.74, 6) is 1.72. The van der Waals surface area contributed by atoms with E-state index in [2.05, 4.69) is 38.4 Å². The molecule has 0 aliphatic rings. The molecule has 0 fully saturated rings. The van der Waals surface area contributed by atoms with Crippen molar-refractivity contribution in [2.75, 3.05) is 5.32 Å². The second-order valence-electron chi connectivity index (χ2n) is 3.95. The van der Waals surface area contributed by atoms with Gasteiger partial charge >= 0.3 is 0 Å². The molecule has 1 aromatic carbocycles. The Balaban J connectivity index is 1.82. The standard InChI is InChI=1S/C13H13BrN2OS2/c1-9(17)15-13-16-12(8-19-13)7-18-6-10-3-2-4-11(14)5-10/h2-5,8H,6-7H2,1H3,(H,15,16,17). The van der Waals surface area contributed by atoms with Crippen molar-refractivity contribution in [3.63, 3.8) is 0 Å². The molecule has 0 unspecified atom stereocenters. The molecule has 6 heteroatoms. The molecule has 2 aromatic rings. The number of hydrogen-bond donors (Lipinski definition) is 1. The Kier molecular flexibility index (Phi) is 5.42. The molecule has 0 radical (unpaired) electrons. The van der Waals surface area contributed by atoms with Gasteiger partial charge in [0.05, 0.1) is 5.69 Å². The normalized spacial score (nSPS) is 10.4. The van der Waals surface area contributed by atoms with Crippen LogP contribution in [0.1, 0.15) is 18.2 Å². The first-order chi connectivity index (χ1) is 9.13. The quantitative estimate of drug-likeness (QED) is 0.868. The first-order valence-corrected chi connectivity index (χ1v) is 8.50. The second-order valence-corrected chi connectivity index (χ2v) is 6.71. The van der Waals surface area contributed by atoms with Crippen LogP contribution >= 0.6 is 39.0 Å². The van der Waals surface area contributed by atoms with Crippen molar-refractivity contribution in [1.82, 2.24) is 4.98 Å². The number of carbonyl (C=O) groups is 1. The lowest BCUT2D eigenvalue weighted by Crippen LogP contribution is -2.05. The van der Waals surface area contributed by atoms with Crippen LogP contribution in [0.5, 0.6) is 0 Å². The van der Waals surface area contributed by atoms with Crippen LogP contribution in [0.4, 0.5) is 5.13 Å². The molecular formula is C13H13BrN2OS2. The van der Waals surface area contributed by atoms with Gasteiger partial charge in [-0.2, -0.15) is 11.8 Å². The number of amides is 1. The summed E-state index contributed by atoms with van der Waals surface area (Å²) in [4.78, 5) is 15.3. The van der Waals surface area contributed by atoms with Gasteiger partial charge in [0.25, 0.3) is 0 Å². The fourth-order valence-electron chi connectivity index (χ4n) is 1.48. The van der Waals surface area contributed by atoms with Crippen LogP contribution in [0.15, 0.2) is 34.1 Å². The summed E-state index contributed by atoms with van der Waals surface area (Å²) in [6, 6.07) is 8.30. The number of carbonyl (C=O) groups excluding carboxylic acids is 1. The predicted octanol–water partition coefficient (Wildman–Crippen LogP) is 4.30. The van der Waals surface area contributed by atoms with E-state index in [0.29, 0.717) is 5.13 Å². The van der Waals surface area contributed by atoms with E-state index >= 15 is 0 Å². The van der Waals surface area contributed by atoms with E-state index in [9.17, 15) is 4.79 Å². The molecule has 1 N–H and O–H groups in total. The van der Waals surface area contributed by atoms with E-state index in [4.69, 9.17) is 0 Å². The lowest BCUT2D eigenvalue weighted by atomic mass is 10.2. The molecule has 0 aliphatic heterocycles. The first kappa shape index (κ1) is 14.6. The minimum absolute atomic E-state index is 0.0808. The van der Waals surface area contributed by atoms with Crippen molar-refractivity contribution < 1.29 is 4.79 Å². The second kappa shape index (κ2) is 7.07. The Labute approximate surface area is 129 Å². The Morgan fingerprint density at radius 2 is 2.32 bits per heavy atom. The SMILES string of the molecule is CC(=O)Nc1nc(CSCc2cccc(Br)c2)cs1. The van der Waals surface area contributed by atoms with Crippen LogP contribution in [0, 0.1) is 0 Å². The number of hydrogen-bond acceptors (Lipinski definition) is 4. The highest BCUT2D eigenvalue weighted by Crippen LogP contribution is 2.23. The zero-order valence-corrected chi connectivity index (χ0v) is 13.6. The van der Waals surface area contributed by atoms with Gasteiger partial charge in [-0.3, -0.25) is 4.79 Å². The number of halogens is 1. The first-order valence-electron chi connectivity index (χ1n) is 5.67. The van der Waals surface area contributed by atoms with Crippen molar-refractivity contribution in [1.29, 1.82) is 0 Å². The fraction of sp³-hybridized carbons (Fsp3) is 0.231. The summed E-state index contributed by atoms with van der Waals surface area (Å²) >= 11 is 6.74. The third-order valence-electron chi connectivity index (χ3n) is 2.24. The number of anilines is 1. The maximum atomic E-state index is 10.9. The van der Waals surface area contributed by atoms with Gasteiger partial charge in [-0.15, -0.1) is 11.3 Å². The zero-order valence-electron chi connectivity index (χ0n) is 10.4. The average molecular weight is 357 g/mol. The molecular weight excluding hydrogens is 344 g/mol. The highest BCUT2D eigenvalue weighted by atomic mass is 79.9. The molecule has 2 rings (SSSR count). The molecule has 0 saturated carbocycles. The maximum absolute atomic E-state index is 10.9. The molecule has 19 heavy (non-hydrogen) atoms. The summed E-state index contributed by atoms with van der Waals surface area (Å²) in [5, 5.41) is 5.35. The molecule has 0 saturated heterocycles. The third kappa shape index (κ3) is 4.97. The number of rotatable bonds is 5. The third-order valence-corrected chi connectivity index (χ3v) is 4.58. The van der Waals surface area contributed by atoms with E-state index in [1.54, 1.807) is 0 Å². The highest BCUT2D eigenvalue weighted by molar-refractivity contribution is 9.10. The molecule has 100 valence electrons. The van der Waals surface area contributed by atoms with Crippen LogP contribution < -0.4 is 5.32 Å². The van der Waals surface area contributed by atoms with Gasteiger partial charge < -0.3 is 5.32 Å². The lowest BCUT2D eigenvalue weighted by Gasteiger charge is -2.01. The number of aromatic nitrogens is 1. The molecule has 1 amide bonds. The number of thioether (sulfide) groups is 1. The largest absolute Gasteiger partial charge is 0.302 e. The van der Waals surface area contributed by atoms with Gasteiger partial charge in [-0.05, 0) is 17.7 Å². The Morgan fingerprint density at radius 3 is 3.05 bits per heavy atom. The van der Waals surface area contributed by atoms with E-state index in [1.165, 1.54) is 23.8 Å².